The maximum atomic E-state index is 8.46. The van der Waals surface area contributed by atoms with E-state index in [2.05, 4.69) is 0 Å². The van der Waals surface area contributed by atoms with E-state index >= 15 is 0 Å². The monoisotopic (exact) mass is 124 g/mol. The molecule has 0 saturated heterocycles. The molecule has 0 bridgehead atoms. The van der Waals surface area contributed by atoms with Gasteiger partial charge < -0.3 is 10.4 Å². The summed E-state index contributed by atoms with van der Waals surface area (Å²) in [5, 5.41) is 0. The van der Waals surface area contributed by atoms with Crippen molar-refractivity contribution in [3.05, 3.63) is 0 Å². The molecule has 0 aromatic heterocycles. The van der Waals surface area contributed by atoms with E-state index < -0.39 is 8.69 Å². The summed E-state index contributed by atoms with van der Waals surface area (Å²) < 4.78 is 8.46. The molecule has 0 aromatic rings. The fourth-order valence-electron chi connectivity index (χ4n) is 0. The molecule has 0 amide bonds. The third kappa shape index (κ3) is 34.7. The molecule has 3 nitrogen and oxygen atoms in total. The average Bonchev–Trinajstić information content (AvgIpc) is 0.918. The van der Waals surface area contributed by atoms with Crippen LogP contribution in [0.4, 0.5) is 0 Å². The van der Waals surface area contributed by atoms with Crippen molar-refractivity contribution >= 4 is 46.4 Å². The van der Waals surface area contributed by atoms with Gasteiger partial charge in [0.05, 0.1) is 0 Å². The van der Waals surface area contributed by atoms with Crippen LogP contribution < -0.4 is 0 Å². The van der Waals surface area contributed by atoms with Gasteiger partial charge in [-0.2, -0.15) is 0 Å². The van der Waals surface area contributed by atoms with Crippen LogP contribution in [0.2, 0.25) is 0 Å². The van der Waals surface area contributed by atoms with E-state index in [1.54, 1.807) is 0 Å². The summed E-state index contributed by atoms with van der Waals surface area (Å²) in [4.78, 5) is 6.99. The van der Waals surface area contributed by atoms with Crippen molar-refractivity contribution in [2.24, 2.45) is 0 Å². The van der Waals surface area contributed by atoms with Crippen molar-refractivity contribution in [3.63, 3.8) is 0 Å². The molecule has 3 N–H and O–H groups in total. The second-order valence-corrected chi connectivity index (χ2v) is 0.245. The van der Waals surface area contributed by atoms with E-state index in [1.807, 2.05) is 0 Å². The van der Waals surface area contributed by atoms with Crippen LogP contribution in [0.3, 0.4) is 0 Å². The number of hydrogen-bond acceptors (Lipinski definition) is 1. The Morgan fingerprint density at radius 1 is 1.60 bits per heavy atom. The molecule has 0 aliphatic heterocycles. The van der Waals surface area contributed by atoms with Crippen LogP contribution >= 0.6 is 8.69 Å². The van der Waals surface area contributed by atoms with Gasteiger partial charge in [-0.1, -0.05) is 0 Å². The Balaban J connectivity index is -0.0000000200. The first kappa shape index (κ1) is 16.3. The number of hydrogen-bond donors (Lipinski definition) is 1. The van der Waals surface area contributed by atoms with Gasteiger partial charge in [-0.15, -0.1) is 0 Å². The zero-order valence-electron chi connectivity index (χ0n) is 1.80. The van der Waals surface area contributed by atoms with Crippen molar-refractivity contribution in [1.82, 2.24) is 0 Å². The molecule has 0 radical (unpaired) electrons. The zero-order valence-corrected chi connectivity index (χ0v) is 2.70. The molecule has 0 fully saturated rings. The van der Waals surface area contributed by atoms with E-state index in [0.29, 0.717) is 0 Å². The Bertz CT molecular complexity index is 14.4. The Morgan fingerprint density at radius 2 is 1.60 bits per heavy atom. The fourth-order valence-corrected chi connectivity index (χ4v) is 0. The van der Waals surface area contributed by atoms with Gasteiger partial charge in [-0.05, 0) is 0 Å². The van der Waals surface area contributed by atoms with E-state index in [-0.39, 0.29) is 43.2 Å². The number of rotatable bonds is 0. The van der Waals surface area contributed by atoms with Gasteiger partial charge in [-0.3, -0.25) is 0 Å². The average molecular weight is 124 g/mol. The van der Waals surface area contributed by atoms with Crippen LogP contribution in [0, 0.1) is 0 Å². The van der Waals surface area contributed by atoms with E-state index in [4.69, 9.17) is 9.46 Å². The second-order valence-electron chi connectivity index (χ2n) is 0.0816. The van der Waals surface area contributed by atoms with Crippen molar-refractivity contribution < 1.29 is 14.9 Å². The van der Waals surface area contributed by atoms with Crippen LogP contribution in [-0.4, -0.2) is 48.1 Å². The topological polar surface area (TPSA) is 68.8 Å². The van der Waals surface area contributed by atoms with Gasteiger partial charge in [0.2, 0.25) is 0 Å². The van der Waals surface area contributed by atoms with Gasteiger partial charge in [0.25, 0.3) is 0 Å². The predicted molar refractivity (Wildman–Crippen MR) is 22.0 cm³/mol. The van der Waals surface area contributed by atoms with Crippen molar-refractivity contribution in [3.8, 4) is 0 Å². The summed E-state index contributed by atoms with van der Waals surface area (Å²) in [5.74, 6) is 0. The molecule has 0 saturated carbocycles. The molecule has 0 aromatic carbocycles. The molecule has 0 unspecified atom stereocenters. The molecule has 0 heterocycles. The van der Waals surface area contributed by atoms with Gasteiger partial charge in [-0.25, -0.2) is 4.57 Å². The minimum atomic E-state index is -0.833. The van der Waals surface area contributed by atoms with Crippen LogP contribution in [0.5, 0.6) is 0 Å². The standard InChI is InChI=1S/Ca.HO2P.H2O.2H/c;1-3-2;;;/h;(H,1,2);1H2;;. The normalized spacial score (nSPS) is 4.20. The molecule has 0 aliphatic rings. The molecule has 0 aliphatic carbocycles. The van der Waals surface area contributed by atoms with Crippen LogP contribution in [-0.2, 0) is 4.57 Å². The van der Waals surface area contributed by atoms with Crippen molar-refractivity contribution in [2.75, 3.05) is 0 Å². The Morgan fingerprint density at radius 3 is 1.60 bits per heavy atom. The van der Waals surface area contributed by atoms with Gasteiger partial charge in [0, 0.05) is 0 Å². The minimum absolute atomic E-state index is 0. The van der Waals surface area contributed by atoms with Crippen LogP contribution in [0.15, 0.2) is 0 Å². The quantitative estimate of drug-likeness (QED) is 0.313. The van der Waals surface area contributed by atoms with E-state index in [9.17, 15) is 0 Å². The zero-order chi connectivity index (χ0) is 2.71. The summed E-state index contributed by atoms with van der Waals surface area (Å²) >= 11 is 0. The third-order valence-corrected chi connectivity index (χ3v) is 0. The maximum absolute atomic E-state index is 8.46. The Kier molecular flexibility index (Phi) is 60.6. The summed E-state index contributed by atoms with van der Waals surface area (Å²) in [5.41, 5.74) is 0. The first-order chi connectivity index (χ1) is 1.41. The van der Waals surface area contributed by atoms with Gasteiger partial charge in [0.1, 0.15) is 0 Å². The molecule has 0 atom stereocenters. The molecular formula is H5CaO3P. The van der Waals surface area contributed by atoms with Crippen molar-refractivity contribution in [1.29, 1.82) is 0 Å². The molecule has 5 heteroatoms. The van der Waals surface area contributed by atoms with Crippen LogP contribution in [0.1, 0.15) is 0 Å². The molecule has 0 spiro atoms. The molecular weight excluding hydrogens is 119 g/mol. The SMILES string of the molecule is O.O=PO.[CaH2]. The third-order valence-electron chi connectivity index (χ3n) is 0. The summed E-state index contributed by atoms with van der Waals surface area (Å²) in [7, 11) is -0.833. The fraction of sp³-hybridized carbons (Fsp3) is 0. The molecule has 5 heavy (non-hydrogen) atoms. The first-order valence-corrected chi connectivity index (χ1v) is 1.15. The second kappa shape index (κ2) is 18.6. The van der Waals surface area contributed by atoms with E-state index in [1.165, 1.54) is 0 Å². The van der Waals surface area contributed by atoms with Crippen LogP contribution in [0.25, 0.3) is 0 Å². The van der Waals surface area contributed by atoms with E-state index in [0.717, 1.165) is 0 Å². The Hall–Kier alpha value is 1.28. The first-order valence-electron chi connectivity index (χ1n) is 0.383. The molecule has 30 valence electrons. The van der Waals surface area contributed by atoms with Crippen molar-refractivity contribution in [2.45, 2.75) is 0 Å². The summed E-state index contributed by atoms with van der Waals surface area (Å²) in [6, 6.07) is 0. The molecule has 0 rings (SSSR count). The summed E-state index contributed by atoms with van der Waals surface area (Å²) in [6.07, 6.45) is 0. The Labute approximate surface area is 61.0 Å². The van der Waals surface area contributed by atoms with Gasteiger partial charge in [0.15, 0.2) is 0 Å². The summed E-state index contributed by atoms with van der Waals surface area (Å²) in [6.45, 7) is 0. The predicted octanol–water partition coefficient (Wildman–Crippen LogP) is -1.56. The van der Waals surface area contributed by atoms with Gasteiger partial charge >= 0.3 is 46.4 Å².